The van der Waals surface area contributed by atoms with E-state index in [0.717, 1.165) is 5.56 Å². The third-order valence-corrected chi connectivity index (χ3v) is 2.11. The molecule has 0 saturated heterocycles. The van der Waals surface area contributed by atoms with Crippen LogP contribution in [0.5, 0.6) is 5.88 Å². The van der Waals surface area contributed by atoms with Gasteiger partial charge in [-0.3, -0.25) is 0 Å². The van der Waals surface area contributed by atoms with Gasteiger partial charge in [0.05, 0.1) is 6.10 Å². The van der Waals surface area contributed by atoms with Gasteiger partial charge in [-0.2, -0.15) is 4.98 Å². The minimum absolute atomic E-state index is 0.0715. The highest BCUT2D eigenvalue weighted by Gasteiger charge is 2.07. The zero-order chi connectivity index (χ0) is 12.4. The van der Waals surface area contributed by atoms with E-state index in [4.69, 9.17) is 10.5 Å². The first-order valence-electron chi connectivity index (χ1n) is 5.38. The molecule has 0 aromatic carbocycles. The maximum Gasteiger partial charge on any atom is 0.253 e. The van der Waals surface area contributed by atoms with Crippen LogP contribution in [0.15, 0.2) is 18.5 Å². The highest BCUT2D eigenvalue weighted by atomic mass is 16.5. The average molecular weight is 233 g/mol. The molecule has 0 radical (unpaired) electrons. The lowest BCUT2D eigenvalue weighted by Gasteiger charge is -2.08. The van der Waals surface area contributed by atoms with Gasteiger partial charge in [-0.05, 0) is 20.8 Å². The van der Waals surface area contributed by atoms with Gasteiger partial charge in [-0.15, -0.1) is 5.10 Å². The second-order valence-corrected chi connectivity index (χ2v) is 4.00. The van der Waals surface area contributed by atoms with Crippen LogP contribution in [0.3, 0.4) is 0 Å². The SMILES string of the molecule is Cc1cn(-c2nccc(OC(C)C)n2)nc1N. The van der Waals surface area contributed by atoms with E-state index in [-0.39, 0.29) is 6.10 Å². The summed E-state index contributed by atoms with van der Waals surface area (Å²) < 4.78 is 7.03. The van der Waals surface area contributed by atoms with E-state index in [2.05, 4.69) is 15.1 Å². The lowest BCUT2D eigenvalue weighted by atomic mass is 10.4. The van der Waals surface area contributed by atoms with Crippen molar-refractivity contribution in [1.29, 1.82) is 0 Å². The Balaban J connectivity index is 2.32. The van der Waals surface area contributed by atoms with E-state index in [1.54, 1.807) is 18.5 Å². The molecule has 2 aromatic rings. The van der Waals surface area contributed by atoms with Crippen LogP contribution in [0, 0.1) is 6.92 Å². The summed E-state index contributed by atoms with van der Waals surface area (Å²) >= 11 is 0. The van der Waals surface area contributed by atoms with Crippen molar-refractivity contribution in [3.8, 4) is 11.8 Å². The molecule has 0 aliphatic heterocycles. The predicted molar refractivity (Wildman–Crippen MR) is 64.1 cm³/mol. The van der Waals surface area contributed by atoms with Crippen LogP contribution in [-0.4, -0.2) is 25.9 Å². The molecule has 0 saturated carbocycles. The summed E-state index contributed by atoms with van der Waals surface area (Å²) in [4.78, 5) is 8.37. The monoisotopic (exact) mass is 233 g/mol. The van der Waals surface area contributed by atoms with Gasteiger partial charge < -0.3 is 10.5 Å². The fraction of sp³-hybridized carbons (Fsp3) is 0.364. The summed E-state index contributed by atoms with van der Waals surface area (Å²) in [6.45, 7) is 5.77. The number of aryl methyl sites for hydroxylation is 1. The van der Waals surface area contributed by atoms with Gasteiger partial charge in [0.15, 0.2) is 0 Å². The van der Waals surface area contributed by atoms with Gasteiger partial charge >= 0.3 is 0 Å². The largest absolute Gasteiger partial charge is 0.475 e. The molecule has 0 spiro atoms. The summed E-state index contributed by atoms with van der Waals surface area (Å²) in [5, 5.41) is 4.11. The second kappa shape index (κ2) is 4.40. The number of hydrogen-bond donors (Lipinski definition) is 1. The Morgan fingerprint density at radius 1 is 1.41 bits per heavy atom. The Kier molecular flexibility index (Phi) is 2.95. The van der Waals surface area contributed by atoms with E-state index in [1.165, 1.54) is 4.68 Å². The van der Waals surface area contributed by atoms with Crippen LogP contribution < -0.4 is 10.5 Å². The van der Waals surface area contributed by atoms with Crippen LogP contribution in [0.1, 0.15) is 19.4 Å². The van der Waals surface area contributed by atoms with Crippen molar-refractivity contribution in [3.05, 3.63) is 24.0 Å². The molecule has 0 unspecified atom stereocenters. The Morgan fingerprint density at radius 2 is 2.18 bits per heavy atom. The van der Waals surface area contributed by atoms with Crippen molar-refractivity contribution in [2.45, 2.75) is 26.9 Å². The minimum atomic E-state index is 0.0715. The number of ether oxygens (including phenoxy) is 1. The molecule has 0 atom stereocenters. The molecule has 2 N–H and O–H groups in total. The second-order valence-electron chi connectivity index (χ2n) is 4.00. The van der Waals surface area contributed by atoms with Gasteiger partial charge in [-0.25, -0.2) is 9.67 Å². The Bertz CT molecular complexity index is 501. The average Bonchev–Trinajstić information content (AvgIpc) is 2.59. The molecular weight excluding hydrogens is 218 g/mol. The number of anilines is 1. The topological polar surface area (TPSA) is 78.8 Å². The minimum Gasteiger partial charge on any atom is -0.475 e. The van der Waals surface area contributed by atoms with Gasteiger partial charge in [0.2, 0.25) is 5.88 Å². The number of hydrogen-bond acceptors (Lipinski definition) is 5. The molecule has 0 aliphatic carbocycles. The van der Waals surface area contributed by atoms with Crippen molar-refractivity contribution in [2.75, 3.05) is 5.73 Å². The van der Waals surface area contributed by atoms with Crippen LogP contribution in [0.4, 0.5) is 5.82 Å². The summed E-state index contributed by atoms with van der Waals surface area (Å²) in [5.41, 5.74) is 6.57. The maximum atomic E-state index is 5.68. The first-order valence-corrected chi connectivity index (χ1v) is 5.38. The fourth-order valence-electron chi connectivity index (χ4n) is 1.33. The van der Waals surface area contributed by atoms with E-state index >= 15 is 0 Å². The molecular formula is C11H15N5O. The molecule has 0 amide bonds. The van der Waals surface area contributed by atoms with Gasteiger partial charge in [-0.1, -0.05) is 0 Å². The molecule has 2 aromatic heterocycles. The third kappa shape index (κ3) is 2.52. The quantitative estimate of drug-likeness (QED) is 0.865. The van der Waals surface area contributed by atoms with E-state index in [0.29, 0.717) is 17.6 Å². The predicted octanol–water partition coefficient (Wildman–Crippen LogP) is 1.34. The summed E-state index contributed by atoms with van der Waals surface area (Å²) in [6.07, 6.45) is 3.49. The summed E-state index contributed by atoms with van der Waals surface area (Å²) in [6, 6.07) is 1.71. The summed E-state index contributed by atoms with van der Waals surface area (Å²) in [7, 11) is 0. The Morgan fingerprint density at radius 3 is 2.76 bits per heavy atom. The fourth-order valence-corrected chi connectivity index (χ4v) is 1.33. The smallest absolute Gasteiger partial charge is 0.253 e. The molecule has 2 heterocycles. The first-order chi connectivity index (χ1) is 8.06. The van der Waals surface area contributed by atoms with E-state index in [9.17, 15) is 0 Å². The zero-order valence-corrected chi connectivity index (χ0v) is 10.1. The van der Waals surface area contributed by atoms with Gasteiger partial charge in [0.25, 0.3) is 5.95 Å². The highest BCUT2D eigenvalue weighted by Crippen LogP contribution is 2.13. The molecule has 0 bridgehead atoms. The highest BCUT2D eigenvalue weighted by molar-refractivity contribution is 5.37. The standard InChI is InChI=1S/C11H15N5O/c1-7(2)17-9-4-5-13-11(14-9)16-6-8(3)10(12)15-16/h4-7H,1-3H3,(H2,12,15). The molecule has 6 nitrogen and oxygen atoms in total. The number of nitrogen functional groups attached to an aromatic ring is 1. The lowest BCUT2D eigenvalue weighted by Crippen LogP contribution is -2.09. The number of aromatic nitrogens is 4. The molecule has 90 valence electrons. The molecule has 0 fully saturated rings. The van der Waals surface area contributed by atoms with Crippen LogP contribution in [-0.2, 0) is 0 Å². The lowest BCUT2D eigenvalue weighted by molar-refractivity contribution is 0.232. The molecule has 6 heteroatoms. The number of nitrogens with zero attached hydrogens (tertiary/aromatic N) is 4. The Labute approximate surface area is 99.4 Å². The van der Waals surface area contributed by atoms with Crippen LogP contribution >= 0.6 is 0 Å². The Hall–Kier alpha value is -2.11. The molecule has 17 heavy (non-hydrogen) atoms. The zero-order valence-electron chi connectivity index (χ0n) is 10.1. The van der Waals surface area contributed by atoms with Crippen molar-refractivity contribution in [3.63, 3.8) is 0 Å². The van der Waals surface area contributed by atoms with Gasteiger partial charge in [0, 0.05) is 24.0 Å². The first kappa shape index (κ1) is 11.4. The van der Waals surface area contributed by atoms with Crippen molar-refractivity contribution >= 4 is 5.82 Å². The normalized spacial score (nSPS) is 10.8. The third-order valence-electron chi connectivity index (χ3n) is 2.11. The van der Waals surface area contributed by atoms with E-state index < -0.39 is 0 Å². The summed E-state index contributed by atoms with van der Waals surface area (Å²) in [5.74, 6) is 1.45. The van der Waals surface area contributed by atoms with E-state index in [1.807, 2.05) is 20.8 Å². The van der Waals surface area contributed by atoms with Crippen molar-refractivity contribution in [1.82, 2.24) is 19.7 Å². The van der Waals surface area contributed by atoms with Crippen LogP contribution in [0.25, 0.3) is 5.95 Å². The van der Waals surface area contributed by atoms with Gasteiger partial charge in [0.1, 0.15) is 5.82 Å². The number of rotatable bonds is 3. The number of nitrogens with two attached hydrogens (primary N) is 1. The molecule has 2 rings (SSSR count). The molecule has 0 aliphatic rings. The van der Waals surface area contributed by atoms with Crippen LogP contribution in [0.2, 0.25) is 0 Å². The van der Waals surface area contributed by atoms with Crippen molar-refractivity contribution in [2.24, 2.45) is 0 Å². The van der Waals surface area contributed by atoms with Crippen molar-refractivity contribution < 1.29 is 4.74 Å². The maximum absolute atomic E-state index is 5.68.